The number of phenolic OH excluding ortho intramolecular Hbond substituents is 6. The molecule has 0 saturated heterocycles. The molecule has 9 aromatic rings. The Labute approximate surface area is 642 Å². The highest BCUT2D eigenvalue weighted by Gasteiger charge is 2.30. The predicted octanol–water partition coefficient (Wildman–Crippen LogP) is 4.59. The van der Waals surface area contributed by atoms with E-state index in [2.05, 4.69) is 92.7 Å². The Balaban J connectivity index is 1.06. The van der Waals surface area contributed by atoms with E-state index in [1.807, 2.05) is 4.90 Å². The fourth-order valence-electron chi connectivity index (χ4n) is 11.2. The van der Waals surface area contributed by atoms with Crippen LogP contribution < -0.4 is 47.9 Å². The number of carbonyl (C=O) groups is 6. The van der Waals surface area contributed by atoms with Gasteiger partial charge in [-0.2, -0.15) is 44.9 Å². The summed E-state index contributed by atoms with van der Waals surface area (Å²) in [6.45, 7) is 0.673. The number of methoxy groups -OCH3 is 6. The lowest BCUT2D eigenvalue weighted by molar-refractivity contribution is -0.142. The fourth-order valence-corrected chi connectivity index (χ4v) is 11.2. The number of phenols is 6. The molecule has 3 aromatic heterocycles. The Morgan fingerprint density at radius 1 is 0.259 bits per heavy atom. The summed E-state index contributed by atoms with van der Waals surface area (Å²) in [6, 6.07) is 30.5. The number of ether oxygens (including phenoxy) is 6. The number of aromatic hydroxyl groups is 6. The van der Waals surface area contributed by atoms with E-state index in [1.165, 1.54) is 115 Å². The smallest absolute Gasteiger partial charge is 0.328 e. The number of esters is 6. The van der Waals surface area contributed by atoms with Gasteiger partial charge in [0.25, 0.3) is 0 Å². The summed E-state index contributed by atoms with van der Waals surface area (Å²) in [5.41, 5.74) is 3.81. The zero-order valence-electron chi connectivity index (χ0n) is 61.9. The molecule has 37 nitrogen and oxygen atoms in total. The van der Waals surface area contributed by atoms with Crippen molar-refractivity contribution in [3.05, 3.63) is 179 Å². The van der Waals surface area contributed by atoms with Crippen molar-refractivity contribution in [1.82, 2.24) is 49.8 Å². The van der Waals surface area contributed by atoms with Crippen LogP contribution in [-0.2, 0) is 95.7 Å². The Hall–Kier alpha value is -13.9. The molecule has 0 fully saturated rings. The molecule has 37 heteroatoms. The third-order valence-electron chi connectivity index (χ3n) is 17.0. The largest absolute Gasteiger partial charge is 0.508 e. The maximum Gasteiger partial charge on any atom is 0.328 e. The molecule has 9 rings (SSSR count). The van der Waals surface area contributed by atoms with Crippen molar-refractivity contribution in [2.45, 2.75) is 74.8 Å². The number of benzene rings is 6. The zero-order valence-corrected chi connectivity index (χ0v) is 61.9. The maximum atomic E-state index is 13.5. The van der Waals surface area contributed by atoms with Crippen LogP contribution in [0.1, 0.15) is 33.4 Å². The van der Waals surface area contributed by atoms with E-state index in [-0.39, 0.29) is 166 Å². The number of hydrogen-bond acceptors (Lipinski definition) is 37. The second kappa shape index (κ2) is 40.9. The lowest BCUT2D eigenvalue weighted by Crippen LogP contribution is -2.38. The number of nitrogens with zero attached hydrogens (tertiary/aromatic N) is 10. The van der Waals surface area contributed by atoms with Crippen molar-refractivity contribution in [2.75, 3.05) is 130 Å². The molecule has 3 heterocycles. The molecule has 0 aliphatic rings. The monoisotopic (exact) mass is 1540 g/mol. The average molecular weight is 1540 g/mol. The van der Waals surface area contributed by atoms with Gasteiger partial charge >= 0.3 is 35.8 Å². The molecule has 0 aliphatic carbocycles. The van der Waals surface area contributed by atoms with Crippen LogP contribution in [0.2, 0.25) is 0 Å². The number of hydrogen-bond donors (Lipinski definition) is 15. The minimum atomic E-state index is -1.10. The third-order valence-corrected chi connectivity index (χ3v) is 17.0. The van der Waals surface area contributed by atoms with Gasteiger partial charge in [0.15, 0.2) is 0 Å². The highest BCUT2D eigenvalue weighted by Crippen LogP contribution is 2.24. The summed E-state index contributed by atoms with van der Waals surface area (Å²) in [5.74, 6) is -5.10. The van der Waals surface area contributed by atoms with E-state index in [0.717, 1.165) is 0 Å². The van der Waals surface area contributed by atoms with Gasteiger partial charge in [0, 0.05) is 77.8 Å². The summed E-state index contributed by atoms with van der Waals surface area (Å²) in [5, 5.41) is 88.3. The summed E-state index contributed by atoms with van der Waals surface area (Å²) in [7, 11) is 7.29. The van der Waals surface area contributed by atoms with Gasteiger partial charge in [0.2, 0.25) is 53.5 Å². The van der Waals surface area contributed by atoms with Crippen molar-refractivity contribution < 1.29 is 87.8 Å². The lowest BCUT2D eigenvalue weighted by atomic mass is 10.1. The number of carbonyl (C=O) groups excluding carboxylic acids is 6. The van der Waals surface area contributed by atoms with Crippen LogP contribution in [0, 0.1) is 0 Å². The van der Waals surface area contributed by atoms with E-state index in [9.17, 15) is 59.4 Å². The van der Waals surface area contributed by atoms with Crippen molar-refractivity contribution in [2.24, 2.45) is 0 Å². The Kier molecular flexibility index (Phi) is 30.0. The molecule has 112 heavy (non-hydrogen) atoms. The number of rotatable bonds is 42. The summed E-state index contributed by atoms with van der Waals surface area (Å²) < 4.78 is 31.1. The molecule has 0 aliphatic heterocycles. The lowest BCUT2D eigenvalue weighted by Gasteiger charge is -2.24. The van der Waals surface area contributed by atoms with E-state index < -0.39 is 72.1 Å². The first kappa shape index (κ1) is 82.2. The Morgan fingerprint density at radius 3 is 0.545 bits per heavy atom. The first-order valence-corrected chi connectivity index (χ1v) is 35.0. The molecular formula is C75H87N19O18. The SMILES string of the molecule is COC(=O)[C@H](Cc1ccc(O)cc1)Nc1nc(NCCN(CCNc2nc(N[C@@H](Cc3ccc(O)cc3)C(=O)OC)nc(N[C@@H](Cc3ccc(O)cc3)C(=O)OC)n2)CCNc2nc(N[C@@H](Cc3ccc(O)cc3)C(=O)OC)nc(N[C@@H](Cc3ccc(O)cc3)C(=O)OC)n2)nc(N[C@@H](Cc2ccc(O)cc2)C(=O)OC)n1. The number of anilines is 9. The molecular weight excluding hydrogens is 1450 g/mol. The fraction of sp³-hybridized carbons (Fsp3) is 0.320. The number of nitrogens with one attached hydrogen (secondary N) is 9. The molecule has 0 bridgehead atoms. The van der Waals surface area contributed by atoms with Gasteiger partial charge in [-0.3, -0.25) is 4.90 Å². The van der Waals surface area contributed by atoms with Crippen LogP contribution in [0.15, 0.2) is 146 Å². The molecule has 590 valence electrons. The van der Waals surface area contributed by atoms with Crippen LogP contribution in [0.25, 0.3) is 0 Å². The van der Waals surface area contributed by atoms with E-state index in [1.54, 1.807) is 72.8 Å². The summed E-state index contributed by atoms with van der Waals surface area (Å²) in [4.78, 5) is 125. The van der Waals surface area contributed by atoms with Gasteiger partial charge in [0.05, 0.1) is 42.7 Å². The van der Waals surface area contributed by atoms with Gasteiger partial charge in [-0.1, -0.05) is 72.8 Å². The average Bonchev–Trinajstić information content (AvgIpc) is 0.842. The van der Waals surface area contributed by atoms with Crippen molar-refractivity contribution >= 4 is 89.4 Å². The van der Waals surface area contributed by atoms with Gasteiger partial charge in [-0.15, -0.1) is 0 Å². The molecule has 6 atom stereocenters. The quantitative estimate of drug-likeness (QED) is 0.0184. The standard InChI is InChI=1S/C75H87N19O18/c1-107-61(101)55(37-43-7-19-49(95)20-8-43)79-70-85-67(86-71(91-70)80-56(62(102)108-2)38-44-9-21-50(96)22-10-44)76-31-34-94(35-32-77-68-87-72(81-57(63(103)109-3)39-45-11-23-51(97)24-12-45)92-73(88-68)82-58(64(104)110-4)40-46-13-25-52(98)26-14-46)36-33-78-69-89-74(83-59(65(105)111-5)41-47-15-27-53(99)28-16-47)93-75(90-69)84-60(66(106)112-6)42-48-17-29-54(100)30-18-48/h7-30,55-60,95-100H,31-42H2,1-6H3,(H3,76,79,80,85,86,91)(H3,77,81,82,87,88,92)(H3,78,83,84,89,90,93)/t55-,56-,57-,58-,59-,60-/m0/s1. The third kappa shape index (κ3) is 25.7. The number of aromatic nitrogens is 9. The Bertz CT molecular complexity index is 3860. The molecule has 0 spiro atoms. The van der Waals surface area contributed by atoms with Gasteiger partial charge in [-0.25, -0.2) is 28.8 Å². The minimum Gasteiger partial charge on any atom is -0.508 e. The van der Waals surface area contributed by atoms with Crippen LogP contribution in [-0.4, -0.2) is 234 Å². The summed E-state index contributed by atoms with van der Waals surface area (Å²) in [6.07, 6.45) is 0.258. The molecule has 6 aromatic carbocycles. The molecule has 0 amide bonds. The van der Waals surface area contributed by atoms with Gasteiger partial charge in [0.1, 0.15) is 70.7 Å². The highest BCUT2D eigenvalue weighted by atomic mass is 16.5. The van der Waals surface area contributed by atoms with E-state index in [4.69, 9.17) is 28.4 Å². The maximum absolute atomic E-state index is 13.5. The van der Waals surface area contributed by atoms with Crippen LogP contribution in [0.5, 0.6) is 34.5 Å². The topological polar surface area (TPSA) is 507 Å². The molecule has 15 N–H and O–H groups in total. The highest BCUT2D eigenvalue weighted by molar-refractivity contribution is 5.83. The van der Waals surface area contributed by atoms with Gasteiger partial charge in [-0.05, 0) is 106 Å². The second-order valence-corrected chi connectivity index (χ2v) is 25.1. The molecule has 0 unspecified atom stereocenters. The molecule has 0 radical (unpaired) electrons. The first-order chi connectivity index (χ1) is 54.0. The van der Waals surface area contributed by atoms with Crippen LogP contribution >= 0.6 is 0 Å². The predicted molar refractivity (Wildman–Crippen MR) is 409 cm³/mol. The van der Waals surface area contributed by atoms with Crippen molar-refractivity contribution in [1.29, 1.82) is 0 Å². The van der Waals surface area contributed by atoms with Gasteiger partial charge < -0.3 is 107 Å². The van der Waals surface area contributed by atoms with Crippen LogP contribution in [0.3, 0.4) is 0 Å². The van der Waals surface area contributed by atoms with Crippen LogP contribution in [0.4, 0.5) is 53.5 Å². The molecule has 0 saturated carbocycles. The second-order valence-electron chi connectivity index (χ2n) is 25.1. The Morgan fingerprint density at radius 2 is 0.402 bits per heavy atom. The van der Waals surface area contributed by atoms with Crippen molar-refractivity contribution in [3.63, 3.8) is 0 Å². The van der Waals surface area contributed by atoms with E-state index >= 15 is 0 Å². The summed E-state index contributed by atoms with van der Waals surface area (Å²) >= 11 is 0. The first-order valence-electron chi connectivity index (χ1n) is 35.0. The van der Waals surface area contributed by atoms with Crippen molar-refractivity contribution in [3.8, 4) is 34.5 Å². The van der Waals surface area contributed by atoms with E-state index in [0.29, 0.717) is 33.4 Å². The normalized spacial score (nSPS) is 12.6. The zero-order chi connectivity index (χ0) is 80.1. The minimum absolute atomic E-state index is 0.00489.